The van der Waals surface area contributed by atoms with E-state index >= 15 is 0 Å². The quantitative estimate of drug-likeness (QED) is 0.818. The van der Waals surface area contributed by atoms with Crippen LogP contribution in [-0.4, -0.2) is 29.6 Å². The minimum absolute atomic E-state index is 0.204. The second-order valence-corrected chi connectivity index (χ2v) is 3.99. The summed E-state index contributed by atoms with van der Waals surface area (Å²) in [7, 11) is 0. The van der Waals surface area contributed by atoms with Gasteiger partial charge in [-0.2, -0.15) is 5.26 Å². The van der Waals surface area contributed by atoms with Crippen molar-refractivity contribution in [2.24, 2.45) is 0 Å². The summed E-state index contributed by atoms with van der Waals surface area (Å²) in [5, 5.41) is 20.0. The molecular weight excluding hydrogens is 248 g/mol. The molecule has 0 spiro atoms. The van der Waals surface area contributed by atoms with E-state index in [2.05, 4.69) is 5.32 Å². The fraction of sp³-hybridized carbons (Fsp3) is 0.308. The van der Waals surface area contributed by atoms with E-state index in [4.69, 9.17) is 15.1 Å². The Morgan fingerprint density at radius 2 is 2.21 bits per heavy atom. The van der Waals surface area contributed by atoms with Gasteiger partial charge in [0.2, 0.25) is 5.91 Å². The number of aryl methyl sites for hydroxylation is 1. The van der Waals surface area contributed by atoms with Crippen LogP contribution in [-0.2, 0) is 9.59 Å². The predicted molar refractivity (Wildman–Crippen MR) is 66.6 cm³/mol. The summed E-state index contributed by atoms with van der Waals surface area (Å²) in [4.78, 5) is 21.8. The highest BCUT2D eigenvalue weighted by atomic mass is 16.5. The summed E-state index contributed by atoms with van der Waals surface area (Å²) in [5.41, 5.74) is 1.21. The number of ether oxygens (including phenoxy) is 1. The van der Waals surface area contributed by atoms with Crippen LogP contribution in [0.15, 0.2) is 18.2 Å². The molecule has 6 nitrogen and oxygen atoms in total. The molecule has 0 saturated heterocycles. The minimum Gasteiger partial charge on any atom is -0.490 e. The molecule has 0 aliphatic heterocycles. The molecule has 19 heavy (non-hydrogen) atoms. The molecular formula is C13H14N2O4. The number of hydrogen-bond acceptors (Lipinski definition) is 4. The van der Waals surface area contributed by atoms with Crippen molar-refractivity contribution in [3.63, 3.8) is 0 Å². The van der Waals surface area contributed by atoms with E-state index in [0.29, 0.717) is 11.3 Å². The predicted octanol–water partition coefficient (Wildman–Crippen LogP) is 0.835. The Bertz CT molecular complexity index is 534. The maximum absolute atomic E-state index is 10.9. The average molecular weight is 262 g/mol. The molecule has 0 aliphatic carbocycles. The van der Waals surface area contributed by atoms with Crippen molar-refractivity contribution < 1.29 is 19.4 Å². The van der Waals surface area contributed by atoms with Crippen LogP contribution in [0.2, 0.25) is 0 Å². The summed E-state index contributed by atoms with van der Waals surface area (Å²) in [6.45, 7) is 2.81. The van der Waals surface area contributed by atoms with E-state index in [0.717, 1.165) is 5.56 Å². The van der Waals surface area contributed by atoms with E-state index in [1.165, 1.54) is 13.0 Å². The number of carboxylic acids is 1. The molecule has 0 radical (unpaired) electrons. The Morgan fingerprint density at radius 3 is 2.74 bits per heavy atom. The van der Waals surface area contributed by atoms with Crippen molar-refractivity contribution in [1.82, 2.24) is 5.32 Å². The molecule has 0 heterocycles. The second-order valence-electron chi connectivity index (χ2n) is 3.99. The van der Waals surface area contributed by atoms with Crippen LogP contribution < -0.4 is 10.1 Å². The number of carbonyl (C=O) groups is 2. The Hall–Kier alpha value is -2.55. The number of nitrogens with zero attached hydrogens (tertiary/aromatic N) is 1. The standard InChI is InChI=1S/C13H14N2O4/c1-8-3-4-10(6-14)5-12(8)19-7-11(13(17)18)15-9(2)16/h3-5,11H,7H2,1-2H3,(H,15,16)(H,17,18). The second kappa shape index (κ2) is 6.40. The first-order valence-corrected chi connectivity index (χ1v) is 5.57. The van der Waals surface area contributed by atoms with Crippen LogP contribution in [0.25, 0.3) is 0 Å². The van der Waals surface area contributed by atoms with Crippen molar-refractivity contribution in [2.75, 3.05) is 6.61 Å². The van der Waals surface area contributed by atoms with Gasteiger partial charge < -0.3 is 15.2 Å². The number of nitrogens with one attached hydrogen (secondary N) is 1. The van der Waals surface area contributed by atoms with Gasteiger partial charge in [0.1, 0.15) is 12.4 Å². The van der Waals surface area contributed by atoms with Crippen LogP contribution >= 0.6 is 0 Å². The summed E-state index contributed by atoms with van der Waals surface area (Å²) in [6, 6.07) is 5.73. The third-order valence-corrected chi connectivity index (χ3v) is 2.40. The summed E-state index contributed by atoms with van der Waals surface area (Å²) < 4.78 is 5.36. The molecule has 0 fully saturated rings. The topological polar surface area (TPSA) is 99.4 Å². The summed E-state index contributed by atoms with van der Waals surface area (Å²) in [5.74, 6) is -1.20. The first kappa shape index (κ1) is 14.5. The van der Waals surface area contributed by atoms with Crippen molar-refractivity contribution >= 4 is 11.9 Å². The van der Waals surface area contributed by atoms with Gasteiger partial charge in [-0.05, 0) is 24.6 Å². The lowest BCUT2D eigenvalue weighted by Crippen LogP contribution is -2.43. The number of aliphatic carboxylic acids is 1. The normalized spacial score (nSPS) is 11.2. The highest BCUT2D eigenvalue weighted by Gasteiger charge is 2.19. The van der Waals surface area contributed by atoms with Gasteiger partial charge in [0.25, 0.3) is 0 Å². The Kier molecular flexibility index (Phi) is 4.89. The van der Waals surface area contributed by atoms with E-state index in [-0.39, 0.29) is 6.61 Å². The molecule has 0 aliphatic rings. The van der Waals surface area contributed by atoms with Gasteiger partial charge in [-0.3, -0.25) is 4.79 Å². The van der Waals surface area contributed by atoms with Crippen LogP contribution in [0, 0.1) is 18.3 Å². The Morgan fingerprint density at radius 1 is 1.53 bits per heavy atom. The van der Waals surface area contributed by atoms with E-state index in [1.54, 1.807) is 19.1 Å². The van der Waals surface area contributed by atoms with Gasteiger partial charge in [0.15, 0.2) is 6.04 Å². The minimum atomic E-state index is -1.18. The number of rotatable bonds is 5. The van der Waals surface area contributed by atoms with Gasteiger partial charge >= 0.3 is 5.97 Å². The van der Waals surface area contributed by atoms with Gasteiger partial charge in [-0.25, -0.2) is 4.79 Å². The third-order valence-electron chi connectivity index (χ3n) is 2.40. The van der Waals surface area contributed by atoms with Crippen LogP contribution in [0.1, 0.15) is 18.1 Å². The van der Waals surface area contributed by atoms with Crippen molar-refractivity contribution in [2.45, 2.75) is 19.9 Å². The van der Waals surface area contributed by atoms with Gasteiger partial charge in [0, 0.05) is 6.92 Å². The lowest BCUT2D eigenvalue weighted by molar-refractivity contribution is -0.142. The molecule has 100 valence electrons. The molecule has 0 aromatic heterocycles. The molecule has 1 rings (SSSR count). The highest BCUT2D eigenvalue weighted by molar-refractivity contribution is 5.82. The summed E-state index contributed by atoms with van der Waals surface area (Å²) >= 11 is 0. The van der Waals surface area contributed by atoms with Crippen molar-refractivity contribution in [3.05, 3.63) is 29.3 Å². The zero-order valence-corrected chi connectivity index (χ0v) is 10.6. The lowest BCUT2D eigenvalue weighted by atomic mass is 10.1. The van der Waals surface area contributed by atoms with E-state index in [1.807, 2.05) is 6.07 Å². The molecule has 2 N–H and O–H groups in total. The van der Waals surface area contributed by atoms with Crippen LogP contribution in [0.4, 0.5) is 0 Å². The Balaban J connectivity index is 2.77. The molecule has 1 aromatic carbocycles. The zero-order chi connectivity index (χ0) is 14.4. The molecule has 1 amide bonds. The van der Waals surface area contributed by atoms with E-state index < -0.39 is 17.9 Å². The fourth-order valence-electron chi connectivity index (χ4n) is 1.42. The van der Waals surface area contributed by atoms with Crippen molar-refractivity contribution in [1.29, 1.82) is 5.26 Å². The summed E-state index contributed by atoms with van der Waals surface area (Å²) in [6.07, 6.45) is 0. The van der Waals surface area contributed by atoms with Gasteiger partial charge in [0.05, 0.1) is 11.6 Å². The molecule has 1 unspecified atom stereocenters. The van der Waals surface area contributed by atoms with E-state index in [9.17, 15) is 9.59 Å². The number of carbonyl (C=O) groups excluding carboxylic acids is 1. The number of hydrogen-bond donors (Lipinski definition) is 2. The first-order chi connectivity index (χ1) is 8.93. The number of nitriles is 1. The monoisotopic (exact) mass is 262 g/mol. The molecule has 1 atom stereocenters. The SMILES string of the molecule is CC(=O)NC(COc1cc(C#N)ccc1C)C(=O)O. The number of benzene rings is 1. The number of carboxylic acid groups (broad SMARTS) is 1. The molecule has 6 heteroatoms. The van der Waals surface area contributed by atoms with Gasteiger partial charge in [-0.15, -0.1) is 0 Å². The highest BCUT2D eigenvalue weighted by Crippen LogP contribution is 2.19. The zero-order valence-electron chi connectivity index (χ0n) is 10.6. The number of amides is 1. The molecule has 0 saturated carbocycles. The van der Waals surface area contributed by atoms with Crippen LogP contribution in [0.5, 0.6) is 5.75 Å². The first-order valence-electron chi connectivity index (χ1n) is 5.57. The third kappa shape index (κ3) is 4.32. The Labute approximate surface area is 110 Å². The average Bonchev–Trinajstić information content (AvgIpc) is 2.35. The fourth-order valence-corrected chi connectivity index (χ4v) is 1.42. The maximum atomic E-state index is 10.9. The lowest BCUT2D eigenvalue weighted by Gasteiger charge is -2.15. The van der Waals surface area contributed by atoms with Crippen molar-refractivity contribution in [3.8, 4) is 11.8 Å². The molecule has 0 bridgehead atoms. The molecule has 1 aromatic rings. The van der Waals surface area contributed by atoms with Gasteiger partial charge in [-0.1, -0.05) is 6.07 Å². The smallest absolute Gasteiger partial charge is 0.329 e. The largest absolute Gasteiger partial charge is 0.490 e. The maximum Gasteiger partial charge on any atom is 0.329 e. The van der Waals surface area contributed by atoms with Crippen LogP contribution in [0.3, 0.4) is 0 Å².